The molecule has 0 atom stereocenters. The number of carbonyl (C=O) groups excluding carboxylic acids is 1. The number of nitrogens with zero attached hydrogens (tertiary/aromatic N) is 1. The maximum Gasteiger partial charge on any atom is 0.344 e. The summed E-state index contributed by atoms with van der Waals surface area (Å²) in [6.07, 6.45) is 0. The number of hydrogen-bond donors (Lipinski definition) is 0. The minimum Gasteiger partial charge on any atom is -0.463 e. The van der Waals surface area contributed by atoms with Crippen molar-refractivity contribution in [3.8, 4) is 5.88 Å². The van der Waals surface area contributed by atoms with E-state index in [0.29, 0.717) is 18.2 Å². The lowest BCUT2D eigenvalue weighted by Crippen LogP contribution is -2.14. The van der Waals surface area contributed by atoms with Gasteiger partial charge in [0.2, 0.25) is 0 Å². The molecule has 0 spiro atoms. The largest absolute Gasteiger partial charge is 0.463 e. The predicted octanol–water partition coefficient (Wildman–Crippen LogP) is 0.925. The third-order valence-electron chi connectivity index (χ3n) is 1.25. The molecule has 1 rings (SSSR count). The van der Waals surface area contributed by atoms with Crippen LogP contribution >= 0.6 is 0 Å². The van der Waals surface area contributed by atoms with Crippen LogP contribution in [0.2, 0.25) is 0 Å². The Morgan fingerprint density at radius 2 is 2.46 bits per heavy atom. The maximum absolute atomic E-state index is 10.8. The SMILES string of the molecule is CCOC(=O)COc1cc(C)on1. The van der Waals surface area contributed by atoms with Crippen LogP contribution in [-0.2, 0) is 9.53 Å². The highest BCUT2D eigenvalue weighted by molar-refractivity contribution is 5.70. The van der Waals surface area contributed by atoms with Crippen molar-refractivity contribution in [2.45, 2.75) is 13.8 Å². The average Bonchev–Trinajstić information content (AvgIpc) is 2.49. The van der Waals surface area contributed by atoms with Gasteiger partial charge in [-0.25, -0.2) is 4.79 Å². The van der Waals surface area contributed by atoms with Crippen LogP contribution < -0.4 is 4.74 Å². The Morgan fingerprint density at radius 1 is 1.69 bits per heavy atom. The Bertz CT molecular complexity index is 281. The van der Waals surface area contributed by atoms with E-state index in [1.165, 1.54) is 0 Å². The van der Waals surface area contributed by atoms with E-state index in [9.17, 15) is 4.79 Å². The second-order valence-corrected chi connectivity index (χ2v) is 2.37. The van der Waals surface area contributed by atoms with E-state index in [2.05, 4.69) is 9.89 Å². The highest BCUT2D eigenvalue weighted by atomic mass is 16.6. The molecule has 0 unspecified atom stereocenters. The number of aryl methyl sites for hydroxylation is 1. The van der Waals surface area contributed by atoms with Crippen LogP contribution in [-0.4, -0.2) is 24.3 Å². The number of ether oxygens (including phenoxy) is 2. The summed E-state index contributed by atoms with van der Waals surface area (Å²) >= 11 is 0. The van der Waals surface area contributed by atoms with Gasteiger partial charge in [0, 0.05) is 6.07 Å². The van der Waals surface area contributed by atoms with Gasteiger partial charge >= 0.3 is 5.97 Å². The normalized spacial score (nSPS) is 9.69. The summed E-state index contributed by atoms with van der Waals surface area (Å²) in [5.74, 6) is 0.521. The number of esters is 1. The van der Waals surface area contributed by atoms with Crippen LogP contribution in [0.25, 0.3) is 0 Å². The molecule has 72 valence electrons. The molecule has 0 bridgehead atoms. The van der Waals surface area contributed by atoms with E-state index in [0.717, 1.165) is 0 Å². The van der Waals surface area contributed by atoms with Crippen molar-refractivity contribution in [2.75, 3.05) is 13.2 Å². The van der Waals surface area contributed by atoms with Crippen molar-refractivity contribution in [1.82, 2.24) is 5.16 Å². The van der Waals surface area contributed by atoms with E-state index in [-0.39, 0.29) is 6.61 Å². The molecule has 5 nitrogen and oxygen atoms in total. The molecule has 0 fully saturated rings. The monoisotopic (exact) mass is 185 g/mol. The van der Waals surface area contributed by atoms with E-state index in [4.69, 9.17) is 9.26 Å². The molecular weight excluding hydrogens is 174 g/mol. The summed E-state index contributed by atoms with van der Waals surface area (Å²) in [5, 5.41) is 3.54. The van der Waals surface area contributed by atoms with Crippen LogP contribution in [0.3, 0.4) is 0 Å². The Balaban J connectivity index is 2.30. The number of rotatable bonds is 4. The highest BCUT2D eigenvalue weighted by Crippen LogP contribution is 2.09. The lowest BCUT2D eigenvalue weighted by molar-refractivity contribution is -0.145. The van der Waals surface area contributed by atoms with E-state index in [1.54, 1.807) is 19.9 Å². The van der Waals surface area contributed by atoms with E-state index < -0.39 is 5.97 Å². The van der Waals surface area contributed by atoms with Gasteiger partial charge < -0.3 is 14.0 Å². The van der Waals surface area contributed by atoms with Crippen LogP contribution in [0.15, 0.2) is 10.6 Å². The van der Waals surface area contributed by atoms with Crippen molar-refractivity contribution in [3.05, 3.63) is 11.8 Å². The standard InChI is InChI=1S/C8H11NO4/c1-3-11-8(10)5-12-7-4-6(2)13-9-7/h4H,3,5H2,1-2H3. The molecule has 0 amide bonds. The summed E-state index contributed by atoms with van der Waals surface area (Å²) in [6, 6.07) is 1.60. The molecule has 0 N–H and O–H groups in total. The van der Waals surface area contributed by atoms with Crippen LogP contribution in [0, 0.1) is 6.92 Å². The topological polar surface area (TPSA) is 61.6 Å². The third kappa shape index (κ3) is 3.14. The average molecular weight is 185 g/mol. The smallest absolute Gasteiger partial charge is 0.344 e. The van der Waals surface area contributed by atoms with Crippen LogP contribution in [0.1, 0.15) is 12.7 Å². The van der Waals surface area contributed by atoms with Crippen molar-refractivity contribution in [2.24, 2.45) is 0 Å². The predicted molar refractivity (Wildman–Crippen MR) is 43.4 cm³/mol. The molecule has 0 aromatic carbocycles. The molecule has 0 radical (unpaired) electrons. The van der Waals surface area contributed by atoms with Gasteiger partial charge in [-0.3, -0.25) is 0 Å². The first-order valence-corrected chi connectivity index (χ1v) is 3.94. The summed E-state index contributed by atoms with van der Waals surface area (Å²) in [4.78, 5) is 10.8. The first-order chi connectivity index (χ1) is 6.22. The molecule has 0 aliphatic rings. The molecule has 1 heterocycles. The van der Waals surface area contributed by atoms with Gasteiger partial charge in [0.05, 0.1) is 6.61 Å². The van der Waals surface area contributed by atoms with Crippen molar-refractivity contribution < 1.29 is 18.8 Å². The van der Waals surface area contributed by atoms with Gasteiger partial charge in [0.25, 0.3) is 5.88 Å². The summed E-state index contributed by atoms with van der Waals surface area (Å²) < 4.78 is 14.3. The molecule has 5 heteroatoms. The van der Waals surface area contributed by atoms with E-state index >= 15 is 0 Å². The van der Waals surface area contributed by atoms with Crippen LogP contribution in [0.5, 0.6) is 5.88 Å². The first kappa shape index (κ1) is 9.57. The molecule has 1 aromatic rings. The zero-order valence-electron chi connectivity index (χ0n) is 7.57. The minimum absolute atomic E-state index is 0.139. The number of aromatic nitrogens is 1. The fourth-order valence-electron chi connectivity index (χ4n) is 0.747. The minimum atomic E-state index is -0.414. The number of hydrogen-bond acceptors (Lipinski definition) is 5. The molecule has 0 saturated carbocycles. The summed E-state index contributed by atoms with van der Waals surface area (Å²) in [7, 11) is 0. The Kier molecular flexibility index (Phi) is 3.31. The maximum atomic E-state index is 10.8. The molecule has 13 heavy (non-hydrogen) atoms. The van der Waals surface area contributed by atoms with Gasteiger partial charge in [0.1, 0.15) is 5.76 Å². The second-order valence-electron chi connectivity index (χ2n) is 2.37. The van der Waals surface area contributed by atoms with E-state index in [1.807, 2.05) is 0 Å². The molecule has 0 saturated heterocycles. The fraction of sp³-hybridized carbons (Fsp3) is 0.500. The van der Waals surface area contributed by atoms with Crippen molar-refractivity contribution >= 4 is 5.97 Å². The summed E-state index contributed by atoms with van der Waals surface area (Å²) in [5.41, 5.74) is 0. The highest BCUT2D eigenvalue weighted by Gasteiger charge is 2.05. The lowest BCUT2D eigenvalue weighted by atomic mass is 10.5. The van der Waals surface area contributed by atoms with Gasteiger partial charge in [-0.05, 0) is 19.0 Å². The zero-order chi connectivity index (χ0) is 9.68. The third-order valence-corrected chi connectivity index (χ3v) is 1.25. The van der Waals surface area contributed by atoms with Gasteiger partial charge in [-0.15, -0.1) is 0 Å². The molecular formula is C8H11NO4. The first-order valence-electron chi connectivity index (χ1n) is 3.94. The lowest BCUT2D eigenvalue weighted by Gasteiger charge is -2.00. The van der Waals surface area contributed by atoms with Gasteiger partial charge in [-0.1, -0.05) is 0 Å². The molecule has 0 aliphatic heterocycles. The van der Waals surface area contributed by atoms with Crippen LogP contribution in [0.4, 0.5) is 0 Å². The van der Waals surface area contributed by atoms with Gasteiger partial charge in [0.15, 0.2) is 6.61 Å². The Hall–Kier alpha value is -1.52. The van der Waals surface area contributed by atoms with Crippen molar-refractivity contribution in [1.29, 1.82) is 0 Å². The quantitative estimate of drug-likeness (QED) is 0.653. The summed E-state index contributed by atoms with van der Waals surface area (Å²) in [6.45, 7) is 3.68. The zero-order valence-corrected chi connectivity index (χ0v) is 7.57. The molecule has 0 aliphatic carbocycles. The number of carbonyl (C=O) groups is 1. The second kappa shape index (κ2) is 4.49. The Labute approximate surface area is 75.6 Å². The van der Waals surface area contributed by atoms with Crippen molar-refractivity contribution in [3.63, 3.8) is 0 Å². The molecule has 1 aromatic heterocycles. The Morgan fingerprint density at radius 3 is 3.00 bits per heavy atom. The fourth-order valence-corrected chi connectivity index (χ4v) is 0.747. The van der Waals surface area contributed by atoms with Gasteiger partial charge in [-0.2, -0.15) is 0 Å².